The minimum atomic E-state index is -0.189. The summed E-state index contributed by atoms with van der Waals surface area (Å²) in [5.74, 6) is -0.189. The van der Waals surface area contributed by atoms with Crippen LogP contribution < -0.4 is 5.32 Å². The maximum atomic E-state index is 12.3. The molecule has 1 N–H and O–H groups in total. The number of hydrogen-bond acceptors (Lipinski definition) is 6. The molecule has 0 aliphatic heterocycles. The Morgan fingerprint density at radius 2 is 1.96 bits per heavy atom. The van der Waals surface area contributed by atoms with Crippen LogP contribution in [0.15, 0.2) is 36.5 Å². The molecular weight excluding hydrogens is 340 g/mol. The predicted octanol–water partition coefficient (Wildman–Crippen LogP) is 4.65. The second-order valence-electron chi connectivity index (χ2n) is 5.31. The van der Waals surface area contributed by atoms with Gasteiger partial charge in [-0.2, -0.15) is 0 Å². The highest BCUT2D eigenvalue weighted by Gasteiger charge is 2.14. The highest BCUT2D eigenvalue weighted by atomic mass is 32.1. The summed E-state index contributed by atoms with van der Waals surface area (Å²) in [5, 5.41) is 13.3. The van der Waals surface area contributed by atoms with Gasteiger partial charge in [-0.3, -0.25) is 10.1 Å². The molecular formula is C17H18N4OS2. The van der Waals surface area contributed by atoms with E-state index in [1.165, 1.54) is 35.5 Å². The van der Waals surface area contributed by atoms with Crippen LogP contribution in [0.2, 0.25) is 0 Å². The second kappa shape index (κ2) is 8.12. The molecule has 3 rings (SSSR count). The first-order valence-corrected chi connectivity index (χ1v) is 9.54. The molecule has 1 amide bonds. The van der Waals surface area contributed by atoms with E-state index in [2.05, 4.69) is 27.4 Å². The van der Waals surface area contributed by atoms with Gasteiger partial charge < -0.3 is 0 Å². The fourth-order valence-electron chi connectivity index (χ4n) is 2.18. The minimum Gasteiger partial charge on any atom is -0.296 e. The van der Waals surface area contributed by atoms with Crippen molar-refractivity contribution >= 4 is 33.7 Å². The zero-order valence-corrected chi connectivity index (χ0v) is 15.0. The number of thiazole rings is 1. The van der Waals surface area contributed by atoms with Crippen molar-refractivity contribution in [1.82, 2.24) is 15.2 Å². The van der Waals surface area contributed by atoms with Gasteiger partial charge in [0.2, 0.25) is 5.13 Å². The van der Waals surface area contributed by atoms with Gasteiger partial charge in [0.1, 0.15) is 14.9 Å². The van der Waals surface area contributed by atoms with Gasteiger partial charge in [0, 0.05) is 12.0 Å². The monoisotopic (exact) mass is 358 g/mol. The summed E-state index contributed by atoms with van der Waals surface area (Å²) in [7, 11) is 0. The summed E-state index contributed by atoms with van der Waals surface area (Å²) >= 11 is 2.81. The summed E-state index contributed by atoms with van der Waals surface area (Å²) in [4.78, 5) is 17.2. The number of anilines is 1. The van der Waals surface area contributed by atoms with Crippen LogP contribution >= 0.6 is 22.7 Å². The van der Waals surface area contributed by atoms with Gasteiger partial charge in [-0.15, -0.1) is 21.5 Å². The van der Waals surface area contributed by atoms with E-state index in [4.69, 9.17) is 0 Å². The molecule has 0 unspecified atom stereocenters. The molecule has 0 spiro atoms. The van der Waals surface area contributed by atoms with Crippen LogP contribution in [0.4, 0.5) is 5.13 Å². The molecule has 7 heteroatoms. The number of benzene rings is 1. The average Bonchev–Trinajstić information content (AvgIpc) is 3.26. The van der Waals surface area contributed by atoms with Gasteiger partial charge in [-0.05, 0) is 6.42 Å². The maximum absolute atomic E-state index is 12.3. The fraction of sp³-hybridized carbons (Fsp3) is 0.294. The van der Waals surface area contributed by atoms with E-state index in [0.29, 0.717) is 10.0 Å². The first-order valence-electron chi connectivity index (χ1n) is 7.91. The number of aryl methyl sites for hydroxylation is 1. The van der Waals surface area contributed by atoms with Crippen molar-refractivity contribution in [3.8, 4) is 10.6 Å². The zero-order chi connectivity index (χ0) is 16.8. The van der Waals surface area contributed by atoms with E-state index in [0.717, 1.165) is 28.4 Å². The second-order valence-corrected chi connectivity index (χ2v) is 7.40. The Morgan fingerprint density at radius 3 is 2.75 bits per heavy atom. The average molecular weight is 358 g/mol. The number of nitrogens with one attached hydrogen (secondary N) is 1. The van der Waals surface area contributed by atoms with Crippen molar-refractivity contribution < 1.29 is 4.79 Å². The number of aromatic nitrogens is 3. The molecule has 0 fully saturated rings. The highest BCUT2D eigenvalue weighted by molar-refractivity contribution is 7.17. The Balaban J connectivity index is 1.62. The molecule has 2 heterocycles. The van der Waals surface area contributed by atoms with Crippen LogP contribution in [0, 0.1) is 0 Å². The van der Waals surface area contributed by atoms with Gasteiger partial charge >= 0.3 is 0 Å². The number of carbonyl (C=O) groups is 1. The molecule has 0 saturated carbocycles. The fourth-order valence-corrected chi connectivity index (χ4v) is 3.78. The molecule has 0 atom stereocenters. The van der Waals surface area contributed by atoms with Gasteiger partial charge in [0.05, 0.1) is 6.20 Å². The largest absolute Gasteiger partial charge is 0.296 e. The lowest BCUT2D eigenvalue weighted by atomic mass is 10.2. The number of hydrogen-bond donors (Lipinski definition) is 1. The lowest BCUT2D eigenvalue weighted by Gasteiger charge is -1.96. The van der Waals surface area contributed by atoms with Gasteiger partial charge in [-0.25, -0.2) is 4.98 Å². The van der Waals surface area contributed by atoms with Crippen molar-refractivity contribution in [3.63, 3.8) is 0 Å². The summed E-state index contributed by atoms with van der Waals surface area (Å²) in [5.41, 5.74) is 1.01. The van der Waals surface area contributed by atoms with E-state index in [1.54, 1.807) is 6.20 Å². The summed E-state index contributed by atoms with van der Waals surface area (Å²) < 4.78 is 0. The topological polar surface area (TPSA) is 67.8 Å². The normalized spacial score (nSPS) is 10.7. The standard InChI is InChI=1S/C17H18N4OS2/c1-2-3-5-10-14-20-21-17(24-14)19-15(22)13-11-18-16(23-13)12-8-6-4-7-9-12/h4,6-9,11H,2-3,5,10H2,1H3,(H,19,21,22). The van der Waals surface area contributed by atoms with E-state index >= 15 is 0 Å². The van der Waals surface area contributed by atoms with Crippen LogP contribution in [0.5, 0.6) is 0 Å². The van der Waals surface area contributed by atoms with E-state index in [1.807, 2.05) is 30.3 Å². The lowest BCUT2D eigenvalue weighted by molar-refractivity contribution is 0.103. The molecule has 124 valence electrons. The molecule has 5 nitrogen and oxygen atoms in total. The van der Waals surface area contributed by atoms with E-state index < -0.39 is 0 Å². The minimum absolute atomic E-state index is 0.189. The van der Waals surface area contributed by atoms with Crippen LogP contribution in [0.3, 0.4) is 0 Å². The SMILES string of the molecule is CCCCCc1nnc(NC(=O)c2cnc(-c3ccccc3)s2)s1. The Kier molecular flexibility index (Phi) is 5.66. The van der Waals surface area contributed by atoms with Crippen LogP contribution in [0.25, 0.3) is 10.6 Å². The Labute approximate surface area is 148 Å². The Morgan fingerprint density at radius 1 is 1.12 bits per heavy atom. The third-order valence-electron chi connectivity index (χ3n) is 3.43. The molecule has 3 aromatic rings. The lowest BCUT2D eigenvalue weighted by Crippen LogP contribution is -2.09. The van der Waals surface area contributed by atoms with Gasteiger partial charge in [0.25, 0.3) is 5.91 Å². The smallest absolute Gasteiger partial charge is 0.269 e. The van der Waals surface area contributed by atoms with E-state index in [-0.39, 0.29) is 5.91 Å². The Bertz CT molecular complexity index is 798. The van der Waals surface area contributed by atoms with Gasteiger partial charge in [0.15, 0.2) is 0 Å². The predicted molar refractivity (Wildman–Crippen MR) is 98.6 cm³/mol. The van der Waals surface area contributed by atoms with Gasteiger partial charge in [-0.1, -0.05) is 61.4 Å². The maximum Gasteiger partial charge on any atom is 0.269 e. The molecule has 0 aliphatic rings. The molecule has 1 aromatic carbocycles. The van der Waals surface area contributed by atoms with Crippen molar-refractivity contribution in [1.29, 1.82) is 0 Å². The first-order chi connectivity index (χ1) is 11.8. The number of nitrogens with zero attached hydrogens (tertiary/aromatic N) is 3. The molecule has 0 radical (unpaired) electrons. The number of amides is 1. The number of rotatable bonds is 7. The van der Waals surface area contributed by atoms with Crippen molar-refractivity contribution in [2.45, 2.75) is 32.6 Å². The molecule has 0 saturated heterocycles. The number of unbranched alkanes of at least 4 members (excludes halogenated alkanes) is 2. The number of carbonyl (C=O) groups excluding carboxylic acids is 1. The third kappa shape index (κ3) is 4.24. The van der Waals surface area contributed by atoms with Crippen molar-refractivity contribution in [2.75, 3.05) is 5.32 Å². The molecule has 0 aliphatic carbocycles. The van der Waals surface area contributed by atoms with Crippen molar-refractivity contribution in [2.24, 2.45) is 0 Å². The molecule has 24 heavy (non-hydrogen) atoms. The Hall–Kier alpha value is -2.12. The highest BCUT2D eigenvalue weighted by Crippen LogP contribution is 2.26. The molecule has 0 bridgehead atoms. The third-order valence-corrected chi connectivity index (χ3v) is 5.38. The zero-order valence-electron chi connectivity index (χ0n) is 13.4. The summed E-state index contributed by atoms with van der Waals surface area (Å²) in [6, 6.07) is 9.83. The summed E-state index contributed by atoms with van der Waals surface area (Å²) in [6.45, 7) is 2.17. The first kappa shape index (κ1) is 16.7. The van der Waals surface area contributed by atoms with Crippen LogP contribution in [0.1, 0.15) is 40.9 Å². The van der Waals surface area contributed by atoms with E-state index in [9.17, 15) is 4.79 Å². The van der Waals surface area contributed by atoms with Crippen LogP contribution in [-0.2, 0) is 6.42 Å². The quantitative estimate of drug-likeness (QED) is 0.624. The van der Waals surface area contributed by atoms with Crippen molar-refractivity contribution in [3.05, 3.63) is 46.4 Å². The van der Waals surface area contributed by atoms with Crippen LogP contribution in [-0.4, -0.2) is 21.1 Å². The summed E-state index contributed by atoms with van der Waals surface area (Å²) in [6.07, 6.45) is 5.99. The molecule has 2 aromatic heterocycles.